The minimum absolute atomic E-state index is 0.748. The molecular formula is C30H62N4. The molecule has 0 aromatic carbocycles. The second kappa shape index (κ2) is 15.2. The van der Waals surface area contributed by atoms with Crippen LogP contribution in [0.15, 0.2) is 0 Å². The Kier molecular flexibility index (Phi) is 13.4. The molecular weight excluding hydrogens is 416 g/mol. The van der Waals surface area contributed by atoms with Crippen molar-refractivity contribution in [3.05, 3.63) is 0 Å². The van der Waals surface area contributed by atoms with Gasteiger partial charge in [0.1, 0.15) is 0 Å². The Hall–Kier alpha value is -0.160. The third-order valence-electron chi connectivity index (χ3n) is 9.03. The molecule has 4 fully saturated rings. The summed E-state index contributed by atoms with van der Waals surface area (Å²) in [6.07, 6.45) is 7.23. The van der Waals surface area contributed by atoms with Crippen molar-refractivity contribution in [2.24, 2.45) is 29.6 Å². The zero-order valence-electron chi connectivity index (χ0n) is 24.7. The van der Waals surface area contributed by atoms with E-state index in [2.05, 4.69) is 68.2 Å². The second-order valence-corrected chi connectivity index (χ2v) is 12.7. The topological polar surface area (TPSA) is 13.0 Å². The molecule has 4 nitrogen and oxygen atoms in total. The molecule has 0 N–H and O–H groups in total. The Labute approximate surface area is 214 Å². The molecule has 0 saturated carbocycles. The van der Waals surface area contributed by atoms with Gasteiger partial charge in [-0.05, 0) is 123 Å². The summed E-state index contributed by atoms with van der Waals surface area (Å²) in [5, 5.41) is 0. The van der Waals surface area contributed by atoms with Crippen LogP contribution >= 0.6 is 0 Å². The van der Waals surface area contributed by atoms with Crippen LogP contribution in [0, 0.1) is 29.6 Å². The minimum Gasteiger partial charge on any atom is -0.306 e. The van der Waals surface area contributed by atoms with E-state index < -0.39 is 0 Å². The maximum atomic E-state index is 2.71. The molecule has 4 aliphatic rings. The molecule has 4 saturated heterocycles. The zero-order chi connectivity index (χ0) is 25.3. The maximum absolute atomic E-state index is 2.71. The summed E-state index contributed by atoms with van der Waals surface area (Å²) in [5.41, 5.74) is 0. The summed E-state index contributed by atoms with van der Waals surface area (Å²) in [6.45, 7) is 30.1. The lowest BCUT2D eigenvalue weighted by atomic mass is 9.83. The van der Waals surface area contributed by atoms with Crippen molar-refractivity contribution in [3.8, 4) is 0 Å². The van der Waals surface area contributed by atoms with E-state index >= 15 is 0 Å². The lowest BCUT2D eigenvalue weighted by Crippen LogP contribution is -2.54. The molecule has 4 aliphatic heterocycles. The summed E-state index contributed by atoms with van der Waals surface area (Å²) >= 11 is 0. The predicted octanol–water partition coefficient (Wildman–Crippen LogP) is 5.78. The van der Waals surface area contributed by atoms with Gasteiger partial charge >= 0.3 is 0 Å². The summed E-state index contributed by atoms with van der Waals surface area (Å²) in [7, 11) is 2.25. The lowest BCUT2D eigenvalue weighted by molar-refractivity contribution is 0.0315. The smallest absolute Gasteiger partial charge is 0.00388 e. The fourth-order valence-electron chi connectivity index (χ4n) is 6.26. The van der Waals surface area contributed by atoms with Crippen LogP contribution in [0.3, 0.4) is 0 Å². The van der Waals surface area contributed by atoms with Crippen molar-refractivity contribution in [2.75, 3.05) is 66.0 Å². The van der Waals surface area contributed by atoms with Crippen LogP contribution in [0.1, 0.15) is 87.5 Å². The number of rotatable bonds is 7. The van der Waals surface area contributed by atoms with Gasteiger partial charge in [0, 0.05) is 44.8 Å². The molecule has 0 spiro atoms. The maximum Gasteiger partial charge on any atom is 0.00388 e. The van der Waals surface area contributed by atoms with E-state index in [1.165, 1.54) is 91.0 Å². The zero-order valence-corrected chi connectivity index (χ0v) is 24.7. The average Bonchev–Trinajstić information content (AvgIpc) is 2.75. The third kappa shape index (κ3) is 9.71. The van der Waals surface area contributed by atoms with Gasteiger partial charge in [-0.1, -0.05) is 27.7 Å². The van der Waals surface area contributed by atoms with Crippen LogP contribution in [0.4, 0.5) is 0 Å². The van der Waals surface area contributed by atoms with Crippen LogP contribution in [-0.4, -0.2) is 97.6 Å². The summed E-state index contributed by atoms with van der Waals surface area (Å²) in [6, 6.07) is 1.51. The first-order valence-electron chi connectivity index (χ1n) is 15.1. The van der Waals surface area contributed by atoms with E-state index in [0.29, 0.717) is 0 Å². The molecule has 4 rings (SSSR count). The Balaban J connectivity index is 0.000000225. The quantitative estimate of drug-likeness (QED) is 0.460. The Morgan fingerprint density at radius 2 is 1.09 bits per heavy atom. The first-order valence-corrected chi connectivity index (χ1v) is 15.1. The number of nitrogens with zero attached hydrogens (tertiary/aromatic N) is 4. The monoisotopic (exact) mass is 478 g/mol. The highest BCUT2D eigenvalue weighted by atomic mass is 15.2. The molecule has 4 heterocycles. The Bertz CT molecular complexity index is 506. The molecule has 202 valence electrons. The van der Waals surface area contributed by atoms with Gasteiger partial charge in [-0.25, -0.2) is 0 Å². The van der Waals surface area contributed by atoms with Gasteiger partial charge in [0.15, 0.2) is 0 Å². The van der Waals surface area contributed by atoms with E-state index in [4.69, 9.17) is 0 Å². The normalized spacial score (nSPS) is 25.1. The van der Waals surface area contributed by atoms with Gasteiger partial charge in [-0.3, -0.25) is 0 Å². The second-order valence-electron chi connectivity index (χ2n) is 12.7. The molecule has 0 aromatic heterocycles. The standard InChI is InChI=1S/C15H30N2.C13H26N2.C2H6/c1-12(2)15-5-7-16(8-6-15)9-14-10-17(11-14)13(3)4;1-11(2)15-9-13(10-15)8-12-4-6-14(3)7-5-12;1-2/h12-15H,5-11H2,1-4H3;11-13H,4-10H2,1-3H3;1-2H3. The van der Waals surface area contributed by atoms with E-state index in [1.807, 2.05) is 13.8 Å². The predicted molar refractivity (Wildman–Crippen MR) is 151 cm³/mol. The van der Waals surface area contributed by atoms with Crippen LogP contribution in [-0.2, 0) is 0 Å². The van der Waals surface area contributed by atoms with Crippen LogP contribution in [0.25, 0.3) is 0 Å². The number of hydrogen-bond donors (Lipinski definition) is 0. The van der Waals surface area contributed by atoms with Crippen molar-refractivity contribution < 1.29 is 0 Å². The molecule has 0 aromatic rings. The molecule has 0 unspecified atom stereocenters. The molecule has 0 aliphatic carbocycles. The average molecular weight is 479 g/mol. The largest absolute Gasteiger partial charge is 0.306 e. The van der Waals surface area contributed by atoms with Gasteiger partial charge in [-0.2, -0.15) is 0 Å². The van der Waals surface area contributed by atoms with Crippen molar-refractivity contribution in [3.63, 3.8) is 0 Å². The molecule has 0 amide bonds. The van der Waals surface area contributed by atoms with Gasteiger partial charge in [0.2, 0.25) is 0 Å². The highest BCUT2D eigenvalue weighted by Crippen LogP contribution is 2.30. The number of hydrogen-bond acceptors (Lipinski definition) is 4. The first kappa shape index (κ1) is 30.1. The fourth-order valence-corrected chi connectivity index (χ4v) is 6.26. The highest BCUT2D eigenvalue weighted by Gasteiger charge is 2.32. The number of likely N-dealkylation sites (tertiary alicyclic amines) is 4. The van der Waals surface area contributed by atoms with Crippen molar-refractivity contribution in [1.82, 2.24) is 19.6 Å². The van der Waals surface area contributed by atoms with E-state index in [-0.39, 0.29) is 0 Å². The molecule has 0 radical (unpaired) electrons. The van der Waals surface area contributed by atoms with Crippen molar-refractivity contribution in [1.29, 1.82) is 0 Å². The van der Waals surface area contributed by atoms with Gasteiger partial charge < -0.3 is 19.6 Å². The first-order chi connectivity index (χ1) is 16.2. The van der Waals surface area contributed by atoms with Gasteiger partial charge in [0.05, 0.1) is 0 Å². The van der Waals surface area contributed by atoms with E-state index in [1.54, 1.807) is 0 Å². The summed E-state index contributed by atoms with van der Waals surface area (Å²) in [4.78, 5) is 10.4. The van der Waals surface area contributed by atoms with E-state index in [9.17, 15) is 0 Å². The molecule has 0 bridgehead atoms. The molecule has 34 heavy (non-hydrogen) atoms. The Morgan fingerprint density at radius 1 is 0.618 bits per heavy atom. The molecule has 0 atom stereocenters. The lowest BCUT2D eigenvalue weighted by Gasteiger charge is -2.45. The van der Waals surface area contributed by atoms with Gasteiger partial charge in [0.25, 0.3) is 0 Å². The van der Waals surface area contributed by atoms with Crippen molar-refractivity contribution in [2.45, 2.75) is 99.6 Å². The summed E-state index contributed by atoms with van der Waals surface area (Å²) < 4.78 is 0. The van der Waals surface area contributed by atoms with Crippen LogP contribution in [0.5, 0.6) is 0 Å². The fraction of sp³-hybridized carbons (Fsp3) is 1.00. The van der Waals surface area contributed by atoms with Crippen molar-refractivity contribution >= 4 is 0 Å². The highest BCUT2D eigenvalue weighted by molar-refractivity contribution is 4.86. The van der Waals surface area contributed by atoms with Crippen LogP contribution in [0.2, 0.25) is 0 Å². The number of piperidine rings is 2. The Morgan fingerprint density at radius 3 is 1.53 bits per heavy atom. The van der Waals surface area contributed by atoms with E-state index in [0.717, 1.165) is 41.7 Å². The molecule has 4 heteroatoms. The third-order valence-corrected chi connectivity index (χ3v) is 9.03. The summed E-state index contributed by atoms with van der Waals surface area (Å²) in [5.74, 6) is 4.87. The van der Waals surface area contributed by atoms with Crippen LogP contribution < -0.4 is 0 Å². The van der Waals surface area contributed by atoms with Gasteiger partial charge in [-0.15, -0.1) is 0 Å². The minimum atomic E-state index is 0.748. The SMILES string of the molecule is CC.CC(C)C1CCN(CC2CN(C(C)C)C2)CC1.CC(C)N1CC(CC2CCN(C)CC2)C1.